The lowest BCUT2D eigenvalue weighted by Crippen LogP contribution is -2.36. The number of aryl methyl sites for hydroxylation is 5. The molecule has 0 bridgehead atoms. The number of rotatable bonds is 4. The maximum atomic E-state index is 5.49. The van der Waals surface area contributed by atoms with E-state index in [1.165, 1.54) is 87.1 Å². The second-order valence-electron chi connectivity index (χ2n) is 13.2. The van der Waals surface area contributed by atoms with E-state index in [0.717, 1.165) is 59.2 Å². The second-order valence-corrected chi connectivity index (χ2v) is 15.4. The Morgan fingerprint density at radius 2 is 0.979 bits per heavy atom. The summed E-state index contributed by atoms with van der Waals surface area (Å²) in [7, 11) is 1.99. The van der Waals surface area contributed by atoms with Crippen LogP contribution in [0.15, 0.2) is 68.1 Å². The van der Waals surface area contributed by atoms with Gasteiger partial charge in [-0.15, -0.1) is 0 Å². The van der Waals surface area contributed by atoms with Crippen molar-refractivity contribution in [3.8, 4) is 0 Å². The van der Waals surface area contributed by atoms with Crippen LogP contribution in [0.5, 0.6) is 0 Å². The standard InChI is InChI=1S/C20H25N3OS.C19H22N2OS/c1-13-8-15(12-21-3)10-17-19(13)22-20-14(2)9-16(11-18(20)25-17)23-4-6-24-7-5-23;1-12-8-13(2)18-16(9-12)23-17-11-15(10-14(3)19(17)20-18)21-4-6-22-7-5-21/h8-11,21-22H,4-7,12H2,1-3H3;8-11,20H,4-7H2,1-3H3. The van der Waals surface area contributed by atoms with Gasteiger partial charge in [0.05, 0.1) is 49.2 Å². The summed E-state index contributed by atoms with van der Waals surface area (Å²) in [5, 5.41) is 10.6. The number of benzene rings is 4. The molecule has 0 aromatic heterocycles. The summed E-state index contributed by atoms with van der Waals surface area (Å²) >= 11 is 3.76. The number of nitrogens with zero attached hydrogens (tertiary/aromatic N) is 2. The third-order valence-electron chi connectivity index (χ3n) is 9.44. The van der Waals surface area contributed by atoms with Gasteiger partial charge in [0.2, 0.25) is 0 Å². The van der Waals surface area contributed by atoms with Crippen molar-refractivity contribution in [3.63, 3.8) is 0 Å². The van der Waals surface area contributed by atoms with Crippen molar-refractivity contribution in [2.45, 2.75) is 60.7 Å². The number of hydrogen-bond acceptors (Lipinski definition) is 9. The summed E-state index contributed by atoms with van der Waals surface area (Å²) in [6.45, 7) is 19.0. The molecule has 2 fully saturated rings. The molecule has 0 radical (unpaired) electrons. The van der Waals surface area contributed by atoms with E-state index < -0.39 is 0 Å². The summed E-state index contributed by atoms with van der Waals surface area (Å²) in [6.07, 6.45) is 0. The molecule has 0 atom stereocenters. The van der Waals surface area contributed by atoms with Crippen LogP contribution in [-0.4, -0.2) is 59.7 Å². The SMILES string of the molecule is CNCc1cc(C)c2c(c1)Sc1cc(N3CCOCC3)cc(C)c1N2.Cc1cc(C)c2c(c1)Sc1cc(N3CCOCC3)cc(C)c1N2. The Balaban J connectivity index is 0.000000152. The van der Waals surface area contributed by atoms with Crippen molar-refractivity contribution in [1.29, 1.82) is 0 Å². The first-order chi connectivity index (χ1) is 23.3. The zero-order valence-corrected chi connectivity index (χ0v) is 30.6. The van der Waals surface area contributed by atoms with E-state index in [2.05, 4.69) is 109 Å². The van der Waals surface area contributed by atoms with Gasteiger partial charge >= 0.3 is 0 Å². The highest BCUT2D eigenvalue weighted by Crippen LogP contribution is 2.50. The molecule has 0 unspecified atom stereocenters. The van der Waals surface area contributed by atoms with Gasteiger partial charge in [0.25, 0.3) is 0 Å². The largest absolute Gasteiger partial charge is 0.378 e. The fraction of sp³-hybridized carbons (Fsp3) is 0.385. The summed E-state index contributed by atoms with van der Waals surface area (Å²) in [6, 6.07) is 18.3. The topological polar surface area (TPSA) is 61.0 Å². The molecule has 3 N–H and O–H groups in total. The van der Waals surface area contributed by atoms with Crippen LogP contribution in [0.2, 0.25) is 0 Å². The number of morpholine rings is 2. The van der Waals surface area contributed by atoms with E-state index in [1.807, 2.05) is 30.6 Å². The first kappa shape index (κ1) is 33.2. The van der Waals surface area contributed by atoms with Gasteiger partial charge < -0.3 is 35.2 Å². The van der Waals surface area contributed by atoms with Gasteiger partial charge in [-0.2, -0.15) is 0 Å². The van der Waals surface area contributed by atoms with Gasteiger partial charge in [0, 0.05) is 63.7 Å². The average Bonchev–Trinajstić information content (AvgIpc) is 3.08. The van der Waals surface area contributed by atoms with Crippen LogP contribution in [0.3, 0.4) is 0 Å². The molecule has 2 saturated heterocycles. The predicted octanol–water partition coefficient (Wildman–Crippen LogP) is 8.72. The van der Waals surface area contributed by atoms with Gasteiger partial charge in [-0.3, -0.25) is 0 Å². The second kappa shape index (κ2) is 14.3. The van der Waals surface area contributed by atoms with Crippen molar-refractivity contribution >= 4 is 57.6 Å². The van der Waals surface area contributed by atoms with Crippen molar-refractivity contribution in [1.82, 2.24) is 5.32 Å². The first-order valence-corrected chi connectivity index (χ1v) is 18.6. The van der Waals surface area contributed by atoms with E-state index in [-0.39, 0.29) is 0 Å². The highest BCUT2D eigenvalue weighted by molar-refractivity contribution is 8.00. The predicted molar refractivity (Wildman–Crippen MR) is 203 cm³/mol. The lowest BCUT2D eigenvalue weighted by atomic mass is 10.1. The number of ether oxygens (including phenoxy) is 2. The molecule has 0 aliphatic carbocycles. The minimum Gasteiger partial charge on any atom is -0.378 e. The van der Waals surface area contributed by atoms with Crippen LogP contribution in [-0.2, 0) is 16.0 Å². The zero-order valence-electron chi connectivity index (χ0n) is 29.0. The monoisotopic (exact) mass is 681 g/mol. The summed E-state index contributed by atoms with van der Waals surface area (Å²) in [5.74, 6) is 0. The third kappa shape index (κ3) is 6.89. The Morgan fingerprint density at radius 3 is 1.46 bits per heavy atom. The zero-order chi connectivity index (χ0) is 33.4. The number of nitrogens with one attached hydrogen (secondary N) is 3. The van der Waals surface area contributed by atoms with Crippen LogP contribution in [0.25, 0.3) is 0 Å². The fourth-order valence-corrected chi connectivity index (χ4v) is 9.54. The normalized spacial score (nSPS) is 16.4. The molecule has 0 spiro atoms. The van der Waals surface area contributed by atoms with E-state index in [1.54, 1.807) is 0 Å². The summed E-state index contributed by atoms with van der Waals surface area (Å²) in [4.78, 5) is 10.1. The van der Waals surface area contributed by atoms with Crippen molar-refractivity contribution in [2.75, 3.05) is 80.1 Å². The molecule has 4 aromatic carbocycles. The number of fused-ring (bicyclic) bond motifs is 4. The average molecular weight is 682 g/mol. The molecule has 4 aliphatic rings. The molecule has 9 heteroatoms. The Hall–Kier alpha value is -3.34. The van der Waals surface area contributed by atoms with E-state index in [4.69, 9.17) is 9.47 Å². The van der Waals surface area contributed by atoms with Crippen LogP contribution in [0.4, 0.5) is 34.1 Å². The first-order valence-electron chi connectivity index (χ1n) is 17.0. The lowest BCUT2D eigenvalue weighted by molar-refractivity contribution is 0.122. The van der Waals surface area contributed by atoms with E-state index in [9.17, 15) is 0 Å². The molecular formula is C39H47N5O2S2. The lowest BCUT2D eigenvalue weighted by Gasteiger charge is -2.31. The molecule has 0 saturated carbocycles. The molecule has 0 amide bonds. The minimum atomic E-state index is 0.816. The number of anilines is 6. The Bertz CT molecular complexity index is 1830. The van der Waals surface area contributed by atoms with E-state index in [0.29, 0.717) is 0 Å². The van der Waals surface area contributed by atoms with Gasteiger partial charge in [-0.05, 0) is 111 Å². The highest BCUT2D eigenvalue weighted by Gasteiger charge is 2.24. The molecule has 48 heavy (non-hydrogen) atoms. The molecular weight excluding hydrogens is 635 g/mol. The van der Waals surface area contributed by atoms with Gasteiger partial charge in [0.15, 0.2) is 0 Å². The van der Waals surface area contributed by atoms with E-state index >= 15 is 0 Å². The molecule has 4 aliphatic heterocycles. The van der Waals surface area contributed by atoms with Gasteiger partial charge in [-0.1, -0.05) is 35.7 Å². The van der Waals surface area contributed by atoms with Gasteiger partial charge in [-0.25, -0.2) is 0 Å². The van der Waals surface area contributed by atoms with Crippen molar-refractivity contribution in [2.24, 2.45) is 0 Å². The van der Waals surface area contributed by atoms with Crippen LogP contribution in [0, 0.1) is 34.6 Å². The van der Waals surface area contributed by atoms with Crippen LogP contribution in [0.1, 0.15) is 33.4 Å². The van der Waals surface area contributed by atoms with Crippen LogP contribution >= 0.6 is 23.5 Å². The summed E-state index contributed by atoms with van der Waals surface area (Å²) < 4.78 is 11.0. The molecule has 7 nitrogen and oxygen atoms in total. The van der Waals surface area contributed by atoms with Crippen molar-refractivity contribution < 1.29 is 9.47 Å². The molecule has 252 valence electrons. The summed E-state index contributed by atoms with van der Waals surface area (Å²) in [5.41, 5.74) is 15.5. The Morgan fingerprint density at radius 1 is 0.562 bits per heavy atom. The van der Waals surface area contributed by atoms with Crippen LogP contribution < -0.4 is 25.8 Å². The maximum absolute atomic E-state index is 5.49. The smallest absolute Gasteiger partial charge is 0.0642 e. The number of hydrogen-bond donors (Lipinski definition) is 3. The van der Waals surface area contributed by atoms with Crippen molar-refractivity contribution in [3.05, 3.63) is 81.9 Å². The highest BCUT2D eigenvalue weighted by atomic mass is 32.2. The molecule has 4 heterocycles. The fourth-order valence-electron chi connectivity index (χ4n) is 6.99. The Kier molecular flexibility index (Phi) is 9.85. The minimum absolute atomic E-state index is 0.816. The van der Waals surface area contributed by atoms with Gasteiger partial charge in [0.1, 0.15) is 0 Å². The molecule has 8 rings (SSSR count). The third-order valence-corrected chi connectivity index (χ3v) is 11.6. The quantitative estimate of drug-likeness (QED) is 0.170. The Labute approximate surface area is 294 Å². The molecule has 4 aromatic rings. The maximum Gasteiger partial charge on any atom is 0.0642 e.